The topological polar surface area (TPSA) is 45.5 Å². The fourth-order valence-electron chi connectivity index (χ4n) is 2.58. The fraction of sp³-hybridized carbons (Fsp3) is 0.471. The Balaban J connectivity index is 1.84. The van der Waals surface area contributed by atoms with Crippen LogP contribution in [-0.2, 0) is 11.3 Å². The van der Waals surface area contributed by atoms with Crippen LogP contribution in [0.4, 0.5) is 0 Å². The second-order valence-corrected chi connectivity index (χ2v) is 5.39. The predicted octanol–water partition coefficient (Wildman–Crippen LogP) is 3.48. The van der Waals surface area contributed by atoms with Crippen molar-refractivity contribution in [3.05, 3.63) is 30.5 Å². The van der Waals surface area contributed by atoms with Crippen molar-refractivity contribution >= 4 is 0 Å². The molecule has 1 fully saturated rings. The third kappa shape index (κ3) is 3.25. The average Bonchev–Trinajstić information content (AvgIpc) is 3.19. The molecule has 0 N–H and O–H groups in total. The van der Waals surface area contributed by atoms with Gasteiger partial charge in [-0.15, -0.1) is 0 Å². The number of hydrogen-bond donors (Lipinski definition) is 0. The summed E-state index contributed by atoms with van der Waals surface area (Å²) in [5, 5.41) is 4.59. The molecule has 0 radical (unpaired) electrons. The van der Waals surface area contributed by atoms with E-state index < -0.39 is 0 Å². The van der Waals surface area contributed by atoms with E-state index in [0.717, 1.165) is 43.7 Å². The minimum Gasteiger partial charge on any atom is -0.493 e. The molecule has 5 heteroatoms. The number of nitrogens with zero attached hydrogens (tertiary/aromatic N) is 2. The van der Waals surface area contributed by atoms with Gasteiger partial charge in [0.15, 0.2) is 17.8 Å². The van der Waals surface area contributed by atoms with Gasteiger partial charge in [-0.3, -0.25) is 4.68 Å². The predicted molar refractivity (Wildman–Crippen MR) is 84.1 cm³/mol. The van der Waals surface area contributed by atoms with Crippen molar-refractivity contribution in [3.8, 4) is 22.8 Å². The Bertz CT molecular complexity index is 618. The van der Waals surface area contributed by atoms with Crippen LogP contribution in [0.15, 0.2) is 30.5 Å². The Morgan fingerprint density at radius 3 is 2.95 bits per heavy atom. The normalized spacial score (nSPS) is 17.6. The molecule has 0 bridgehead atoms. The summed E-state index contributed by atoms with van der Waals surface area (Å²) in [7, 11) is 1.65. The molecule has 1 aliphatic heterocycles. The number of benzene rings is 1. The number of hydrogen-bond acceptors (Lipinski definition) is 4. The molecule has 118 valence electrons. The van der Waals surface area contributed by atoms with Gasteiger partial charge in [0.2, 0.25) is 0 Å². The molecule has 0 aliphatic carbocycles. The van der Waals surface area contributed by atoms with Gasteiger partial charge in [-0.25, -0.2) is 0 Å². The first kappa shape index (κ1) is 14.9. The van der Waals surface area contributed by atoms with E-state index in [1.807, 2.05) is 35.1 Å². The fourth-order valence-corrected chi connectivity index (χ4v) is 2.58. The third-order valence-electron chi connectivity index (χ3n) is 3.70. The number of rotatable bonds is 6. The zero-order valence-corrected chi connectivity index (χ0v) is 13.1. The van der Waals surface area contributed by atoms with Crippen molar-refractivity contribution in [2.75, 3.05) is 13.7 Å². The summed E-state index contributed by atoms with van der Waals surface area (Å²) in [6.07, 6.45) is 4.84. The highest BCUT2D eigenvalue weighted by atomic mass is 16.7. The molecule has 2 heterocycles. The molecule has 0 saturated carbocycles. The van der Waals surface area contributed by atoms with Gasteiger partial charge in [0.25, 0.3) is 0 Å². The van der Waals surface area contributed by atoms with Gasteiger partial charge in [-0.05, 0) is 37.1 Å². The molecular formula is C17H22N2O3. The van der Waals surface area contributed by atoms with E-state index in [0.29, 0.717) is 11.5 Å². The van der Waals surface area contributed by atoms with E-state index in [9.17, 15) is 0 Å². The lowest BCUT2D eigenvalue weighted by Gasteiger charge is -2.16. The number of ether oxygens (including phenoxy) is 3. The minimum absolute atomic E-state index is 0.179. The summed E-state index contributed by atoms with van der Waals surface area (Å²) in [4.78, 5) is 0. The SMILES string of the molecule is CCCn1ccc(-c2ccc(OC)c(O[C@H]3CCCO3)c2)n1. The molecule has 1 atom stereocenters. The van der Waals surface area contributed by atoms with Crippen LogP contribution in [0.25, 0.3) is 11.3 Å². The van der Waals surface area contributed by atoms with Gasteiger partial charge >= 0.3 is 0 Å². The summed E-state index contributed by atoms with van der Waals surface area (Å²) in [5.41, 5.74) is 1.96. The zero-order valence-electron chi connectivity index (χ0n) is 13.1. The van der Waals surface area contributed by atoms with Gasteiger partial charge in [-0.1, -0.05) is 6.92 Å². The molecule has 0 amide bonds. The first-order valence-electron chi connectivity index (χ1n) is 7.80. The standard InChI is InChI=1S/C17H22N2O3/c1-3-9-19-10-8-14(18-19)13-6-7-15(20-2)16(12-13)22-17-5-4-11-21-17/h6-8,10,12,17H,3-5,9,11H2,1-2H3/t17-/m0/s1. The van der Waals surface area contributed by atoms with Crippen molar-refractivity contribution in [2.45, 2.75) is 39.0 Å². The van der Waals surface area contributed by atoms with Gasteiger partial charge < -0.3 is 14.2 Å². The van der Waals surface area contributed by atoms with Gasteiger partial charge in [0.1, 0.15) is 0 Å². The van der Waals surface area contributed by atoms with Crippen molar-refractivity contribution in [3.63, 3.8) is 0 Å². The molecule has 1 aromatic carbocycles. The highest BCUT2D eigenvalue weighted by molar-refractivity contribution is 5.63. The lowest BCUT2D eigenvalue weighted by atomic mass is 10.1. The highest BCUT2D eigenvalue weighted by Gasteiger charge is 2.19. The Kier molecular flexibility index (Phi) is 4.63. The van der Waals surface area contributed by atoms with E-state index in [-0.39, 0.29) is 6.29 Å². The number of aryl methyl sites for hydroxylation is 1. The maximum absolute atomic E-state index is 5.93. The van der Waals surface area contributed by atoms with Crippen LogP contribution in [0.5, 0.6) is 11.5 Å². The van der Waals surface area contributed by atoms with E-state index in [2.05, 4.69) is 12.0 Å². The maximum atomic E-state index is 5.93. The molecule has 0 unspecified atom stereocenters. The average molecular weight is 302 g/mol. The van der Waals surface area contributed by atoms with Crippen LogP contribution in [0.1, 0.15) is 26.2 Å². The van der Waals surface area contributed by atoms with Crippen LogP contribution < -0.4 is 9.47 Å². The van der Waals surface area contributed by atoms with Gasteiger partial charge in [0, 0.05) is 24.7 Å². The van der Waals surface area contributed by atoms with E-state index >= 15 is 0 Å². The smallest absolute Gasteiger partial charge is 0.200 e. The molecule has 22 heavy (non-hydrogen) atoms. The van der Waals surface area contributed by atoms with Crippen LogP contribution in [0.2, 0.25) is 0 Å². The van der Waals surface area contributed by atoms with Gasteiger partial charge in [0.05, 0.1) is 19.4 Å². The summed E-state index contributed by atoms with van der Waals surface area (Å²) in [6.45, 7) is 3.83. The molecule has 1 aromatic heterocycles. The number of methoxy groups -OCH3 is 1. The van der Waals surface area contributed by atoms with Crippen LogP contribution in [-0.4, -0.2) is 29.8 Å². The van der Waals surface area contributed by atoms with Gasteiger partial charge in [-0.2, -0.15) is 5.10 Å². The lowest BCUT2D eigenvalue weighted by molar-refractivity contribution is -0.0402. The molecule has 2 aromatic rings. The Hall–Kier alpha value is -2.01. The maximum Gasteiger partial charge on any atom is 0.200 e. The van der Waals surface area contributed by atoms with Crippen LogP contribution >= 0.6 is 0 Å². The molecule has 1 aliphatic rings. The monoisotopic (exact) mass is 302 g/mol. The molecule has 0 spiro atoms. The van der Waals surface area contributed by atoms with Crippen molar-refractivity contribution in [1.29, 1.82) is 0 Å². The Morgan fingerprint density at radius 1 is 1.32 bits per heavy atom. The quantitative estimate of drug-likeness (QED) is 0.819. The minimum atomic E-state index is -0.179. The van der Waals surface area contributed by atoms with Crippen molar-refractivity contribution in [2.24, 2.45) is 0 Å². The molecule has 1 saturated heterocycles. The third-order valence-corrected chi connectivity index (χ3v) is 3.70. The van der Waals surface area contributed by atoms with Crippen LogP contribution in [0.3, 0.4) is 0 Å². The molecular weight excluding hydrogens is 280 g/mol. The Labute approximate surface area is 130 Å². The first-order valence-corrected chi connectivity index (χ1v) is 7.80. The Morgan fingerprint density at radius 2 is 2.23 bits per heavy atom. The van der Waals surface area contributed by atoms with Crippen molar-refractivity contribution < 1.29 is 14.2 Å². The largest absolute Gasteiger partial charge is 0.493 e. The summed E-state index contributed by atoms with van der Waals surface area (Å²) >= 11 is 0. The van der Waals surface area contributed by atoms with E-state index in [1.165, 1.54) is 0 Å². The summed E-state index contributed by atoms with van der Waals surface area (Å²) in [5.74, 6) is 1.42. The summed E-state index contributed by atoms with van der Waals surface area (Å²) in [6, 6.07) is 7.91. The van der Waals surface area contributed by atoms with Crippen molar-refractivity contribution in [1.82, 2.24) is 9.78 Å². The first-order chi connectivity index (χ1) is 10.8. The van der Waals surface area contributed by atoms with E-state index in [1.54, 1.807) is 7.11 Å². The summed E-state index contributed by atoms with van der Waals surface area (Å²) < 4.78 is 18.8. The zero-order chi connectivity index (χ0) is 15.4. The lowest BCUT2D eigenvalue weighted by Crippen LogP contribution is -2.14. The number of aromatic nitrogens is 2. The highest BCUT2D eigenvalue weighted by Crippen LogP contribution is 2.33. The van der Waals surface area contributed by atoms with Crippen LogP contribution in [0, 0.1) is 0 Å². The second kappa shape index (κ2) is 6.83. The molecule has 5 nitrogen and oxygen atoms in total. The second-order valence-electron chi connectivity index (χ2n) is 5.39. The van der Waals surface area contributed by atoms with E-state index in [4.69, 9.17) is 14.2 Å². The molecule has 3 rings (SSSR count).